The summed E-state index contributed by atoms with van der Waals surface area (Å²) in [5.41, 5.74) is 1.44. The van der Waals surface area contributed by atoms with Crippen molar-refractivity contribution in [2.45, 2.75) is 5.75 Å². The molecule has 2 heterocycles. The van der Waals surface area contributed by atoms with Gasteiger partial charge in [0.25, 0.3) is 0 Å². The molecule has 4 amide bonds. The lowest BCUT2D eigenvalue weighted by Gasteiger charge is -2.15. The molecule has 0 unspecified atom stereocenters. The van der Waals surface area contributed by atoms with E-state index in [-0.39, 0.29) is 12.1 Å². The zero-order valence-electron chi connectivity index (χ0n) is 13.7. The van der Waals surface area contributed by atoms with Crippen LogP contribution in [0.3, 0.4) is 0 Å². The van der Waals surface area contributed by atoms with Crippen LogP contribution in [0.25, 0.3) is 0 Å². The molecule has 25 heavy (non-hydrogen) atoms. The maximum absolute atomic E-state index is 12.0. The molecule has 0 bridgehead atoms. The summed E-state index contributed by atoms with van der Waals surface area (Å²) in [6, 6.07) is 11.1. The fraction of sp³-hybridized carbons (Fsp3) is 0.294. The minimum atomic E-state index is -0.236. The van der Waals surface area contributed by atoms with Gasteiger partial charge in [-0.15, -0.1) is 11.3 Å². The average Bonchev–Trinajstić information content (AvgIpc) is 3.26. The number of thiophene rings is 1. The van der Waals surface area contributed by atoms with Crippen molar-refractivity contribution in [3.05, 3.63) is 46.7 Å². The zero-order valence-corrected chi connectivity index (χ0v) is 15.3. The van der Waals surface area contributed by atoms with Crippen molar-refractivity contribution in [1.82, 2.24) is 10.6 Å². The van der Waals surface area contributed by atoms with E-state index in [4.69, 9.17) is 0 Å². The second-order valence-corrected chi connectivity index (χ2v) is 7.58. The van der Waals surface area contributed by atoms with Crippen LogP contribution in [0, 0.1) is 0 Å². The Morgan fingerprint density at radius 3 is 3.00 bits per heavy atom. The van der Waals surface area contributed by atoms with E-state index in [0.29, 0.717) is 25.3 Å². The third-order valence-electron chi connectivity index (χ3n) is 3.63. The molecule has 3 N–H and O–H groups in total. The predicted molar refractivity (Wildman–Crippen MR) is 105 cm³/mol. The third-order valence-corrected chi connectivity index (χ3v) is 5.70. The first-order valence-electron chi connectivity index (χ1n) is 8.03. The number of carbonyl (C=O) groups excluding carboxylic acids is 2. The number of anilines is 2. The zero-order chi connectivity index (χ0) is 17.5. The molecule has 0 radical (unpaired) electrons. The standard InChI is InChI=1S/C17H20N4O2S2/c22-16(18-7-10-24-12-15-5-2-9-25-15)20-13-3-1-4-14(11-13)21-8-6-19-17(21)23/h1-5,9,11H,6-8,10,12H2,(H,19,23)(H2,18,20,22). The molecule has 1 aromatic carbocycles. The van der Waals surface area contributed by atoms with Crippen molar-refractivity contribution in [3.8, 4) is 0 Å². The number of rotatable bonds is 7. The van der Waals surface area contributed by atoms with Crippen LogP contribution in [0.15, 0.2) is 41.8 Å². The van der Waals surface area contributed by atoms with Gasteiger partial charge in [-0.3, -0.25) is 4.90 Å². The van der Waals surface area contributed by atoms with Gasteiger partial charge < -0.3 is 16.0 Å². The van der Waals surface area contributed by atoms with Crippen LogP contribution in [0.1, 0.15) is 4.88 Å². The first kappa shape index (κ1) is 17.6. The number of nitrogens with one attached hydrogen (secondary N) is 3. The number of carbonyl (C=O) groups is 2. The quantitative estimate of drug-likeness (QED) is 0.649. The molecule has 1 aliphatic heterocycles. The molecule has 0 spiro atoms. The van der Waals surface area contributed by atoms with Gasteiger partial charge in [-0.25, -0.2) is 9.59 Å². The van der Waals surface area contributed by atoms with Crippen molar-refractivity contribution < 1.29 is 9.59 Å². The Labute approximate surface area is 155 Å². The van der Waals surface area contributed by atoms with Gasteiger partial charge in [-0.2, -0.15) is 11.8 Å². The average molecular weight is 377 g/mol. The lowest BCUT2D eigenvalue weighted by Crippen LogP contribution is -2.31. The highest BCUT2D eigenvalue weighted by molar-refractivity contribution is 7.98. The van der Waals surface area contributed by atoms with Crippen molar-refractivity contribution in [2.24, 2.45) is 0 Å². The summed E-state index contributed by atoms with van der Waals surface area (Å²) in [5.74, 6) is 1.83. The molecule has 0 aliphatic carbocycles. The molecule has 0 saturated carbocycles. The molecule has 132 valence electrons. The summed E-state index contributed by atoms with van der Waals surface area (Å²) >= 11 is 3.54. The monoisotopic (exact) mass is 376 g/mol. The second kappa shape index (κ2) is 8.77. The van der Waals surface area contributed by atoms with Gasteiger partial charge in [0, 0.05) is 47.4 Å². The number of hydrogen-bond donors (Lipinski definition) is 3. The number of nitrogens with zero attached hydrogens (tertiary/aromatic N) is 1. The van der Waals surface area contributed by atoms with E-state index in [1.807, 2.05) is 24.3 Å². The Morgan fingerprint density at radius 1 is 1.32 bits per heavy atom. The van der Waals surface area contributed by atoms with Gasteiger partial charge in [-0.05, 0) is 29.6 Å². The van der Waals surface area contributed by atoms with Crippen molar-refractivity contribution in [1.29, 1.82) is 0 Å². The topological polar surface area (TPSA) is 73.5 Å². The third kappa shape index (κ3) is 5.14. The second-order valence-electron chi connectivity index (χ2n) is 5.45. The van der Waals surface area contributed by atoms with E-state index in [0.717, 1.165) is 17.2 Å². The number of thioether (sulfide) groups is 1. The Hall–Kier alpha value is -2.19. The fourth-order valence-corrected chi connectivity index (χ4v) is 4.15. The van der Waals surface area contributed by atoms with Gasteiger partial charge >= 0.3 is 12.1 Å². The van der Waals surface area contributed by atoms with Crippen LogP contribution in [-0.2, 0) is 5.75 Å². The van der Waals surface area contributed by atoms with E-state index >= 15 is 0 Å². The van der Waals surface area contributed by atoms with E-state index in [2.05, 4.69) is 27.4 Å². The molecular weight excluding hydrogens is 356 g/mol. The SMILES string of the molecule is O=C(NCCSCc1cccs1)Nc1cccc(N2CCNC2=O)c1. The number of hydrogen-bond acceptors (Lipinski definition) is 4. The molecule has 8 heteroatoms. The van der Waals surface area contributed by atoms with Gasteiger partial charge in [0.05, 0.1) is 0 Å². The van der Waals surface area contributed by atoms with Crippen LogP contribution in [0.5, 0.6) is 0 Å². The summed E-state index contributed by atoms with van der Waals surface area (Å²) in [5, 5.41) is 10.5. The van der Waals surface area contributed by atoms with Gasteiger partial charge in [0.15, 0.2) is 0 Å². The van der Waals surface area contributed by atoms with E-state index in [9.17, 15) is 9.59 Å². The molecular formula is C17H20N4O2S2. The summed E-state index contributed by atoms with van der Waals surface area (Å²) in [6.45, 7) is 1.88. The van der Waals surface area contributed by atoms with Crippen LogP contribution < -0.4 is 20.9 Å². The van der Waals surface area contributed by atoms with Gasteiger partial charge in [0.1, 0.15) is 0 Å². The van der Waals surface area contributed by atoms with Crippen LogP contribution >= 0.6 is 23.1 Å². The summed E-state index contributed by atoms with van der Waals surface area (Å²) in [6.07, 6.45) is 0. The Bertz CT molecular complexity index is 721. The molecule has 6 nitrogen and oxygen atoms in total. The van der Waals surface area contributed by atoms with Gasteiger partial charge in [0.2, 0.25) is 0 Å². The minimum absolute atomic E-state index is 0.107. The minimum Gasteiger partial charge on any atom is -0.337 e. The number of benzene rings is 1. The highest BCUT2D eigenvalue weighted by Crippen LogP contribution is 2.21. The smallest absolute Gasteiger partial charge is 0.321 e. The predicted octanol–water partition coefficient (Wildman–Crippen LogP) is 3.33. The van der Waals surface area contributed by atoms with E-state index in [1.54, 1.807) is 34.1 Å². The van der Waals surface area contributed by atoms with Crippen molar-refractivity contribution in [3.63, 3.8) is 0 Å². The molecule has 1 saturated heterocycles. The summed E-state index contributed by atoms with van der Waals surface area (Å²) < 4.78 is 0. The van der Waals surface area contributed by atoms with Crippen LogP contribution in [-0.4, -0.2) is 37.4 Å². The first-order chi connectivity index (χ1) is 12.2. The molecule has 0 atom stereocenters. The van der Waals surface area contributed by atoms with Gasteiger partial charge in [-0.1, -0.05) is 12.1 Å². The van der Waals surface area contributed by atoms with Crippen LogP contribution in [0.4, 0.5) is 21.0 Å². The molecule has 3 rings (SSSR count). The fourth-order valence-electron chi connectivity index (χ4n) is 2.45. The number of amides is 4. The summed E-state index contributed by atoms with van der Waals surface area (Å²) in [4.78, 5) is 26.7. The van der Waals surface area contributed by atoms with E-state index < -0.39 is 0 Å². The van der Waals surface area contributed by atoms with Crippen molar-refractivity contribution >= 4 is 46.5 Å². The lowest BCUT2D eigenvalue weighted by atomic mass is 10.2. The maximum Gasteiger partial charge on any atom is 0.321 e. The number of urea groups is 2. The Morgan fingerprint density at radius 2 is 2.24 bits per heavy atom. The Kier molecular flexibility index (Phi) is 6.19. The van der Waals surface area contributed by atoms with Crippen LogP contribution in [0.2, 0.25) is 0 Å². The highest BCUT2D eigenvalue weighted by Gasteiger charge is 2.21. The van der Waals surface area contributed by atoms with E-state index in [1.165, 1.54) is 4.88 Å². The normalized spacial score (nSPS) is 13.6. The molecule has 1 aromatic heterocycles. The molecule has 2 aromatic rings. The molecule has 1 fully saturated rings. The first-order valence-corrected chi connectivity index (χ1v) is 10.1. The summed E-state index contributed by atoms with van der Waals surface area (Å²) in [7, 11) is 0. The largest absolute Gasteiger partial charge is 0.337 e. The maximum atomic E-state index is 12.0. The molecule has 1 aliphatic rings. The highest BCUT2D eigenvalue weighted by atomic mass is 32.2. The lowest BCUT2D eigenvalue weighted by molar-refractivity contribution is 0.251. The Balaban J connectivity index is 1.41. The van der Waals surface area contributed by atoms with Crippen molar-refractivity contribution in [2.75, 3.05) is 35.6 Å².